The largest absolute Gasteiger partial charge is 0.480 e. The smallest absolute Gasteiger partial charge is 0.323 e. The van der Waals surface area contributed by atoms with Crippen LogP contribution in [0.25, 0.3) is 6.08 Å². The summed E-state index contributed by atoms with van der Waals surface area (Å²) >= 11 is 6.25. The number of rotatable bonds is 6. The number of nitrogens with zero attached hydrogens (tertiary/aromatic N) is 4. The number of aromatic nitrogens is 1. The summed E-state index contributed by atoms with van der Waals surface area (Å²) in [6.07, 6.45) is 4.35. The molecule has 0 bridgehead atoms. The van der Waals surface area contributed by atoms with Gasteiger partial charge in [0.25, 0.3) is 11.5 Å². The monoisotopic (exact) mass is 474 g/mol. The van der Waals surface area contributed by atoms with Crippen LogP contribution < -0.4 is 10.5 Å². The number of carboxylic acids is 1. The van der Waals surface area contributed by atoms with E-state index in [-0.39, 0.29) is 20.3 Å². The first kappa shape index (κ1) is 24.0. The first-order valence-electron chi connectivity index (χ1n) is 10.6. The maximum absolute atomic E-state index is 13.1. The Labute approximate surface area is 196 Å². The van der Waals surface area contributed by atoms with Crippen molar-refractivity contribution in [2.75, 3.05) is 24.5 Å². The Bertz CT molecular complexity index is 1090. The molecule has 2 fully saturated rings. The van der Waals surface area contributed by atoms with E-state index in [2.05, 4.69) is 11.8 Å². The molecule has 0 radical (unpaired) electrons. The van der Waals surface area contributed by atoms with Gasteiger partial charge in [-0.3, -0.25) is 23.9 Å². The highest BCUT2D eigenvalue weighted by Crippen LogP contribution is 2.36. The minimum absolute atomic E-state index is 0.0554. The number of thioether (sulfide) groups is 1. The fraction of sp³-hybridized carbons (Fsp3) is 0.500. The number of hydrogen-bond donors (Lipinski definition) is 1. The maximum Gasteiger partial charge on any atom is 0.323 e. The summed E-state index contributed by atoms with van der Waals surface area (Å²) in [6.45, 7) is 7.39. The number of carbonyl (C=O) groups is 2. The van der Waals surface area contributed by atoms with Gasteiger partial charge < -0.3 is 10.0 Å². The third-order valence-corrected chi connectivity index (χ3v) is 7.20. The number of nitriles is 1. The minimum Gasteiger partial charge on any atom is -0.480 e. The van der Waals surface area contributed by atoms with E-state index in [0.29, 0.717) is 35.8 Å². The molecule has 10 heteroatoms. The zero-order valence-electron chi connectivity index (χ0n) is 18.4. The van der Waals surface area contributed by atoms with Gasteiger partial charge in [-0.2, -0.15) is 5.26 Å². The lowest BCUT2D eigenvalue weighted by Gasteiger charge is -2.35. The number of carbonyl (C=O) groups excluding carboxylic acids is 1. The summed E-state index contributed by atoms with van der Waals surface area (Å²) in [5.41, 5.74) is 0.887. The number of thiocarbonyl (C=S) groups is 1. The predicted molar refractivity (Wildman–Crippen MR) is 129 cm³/mol. The van der Waals surface area contributed by atoms with Crippen LogP contribution in [0.2, 0.25) is 0 Å². The van der Waals surface area contributed by atoms with Crippen molar-refractivity contribution in [3.63, 3.8) is 0 Å². The van der Waals surface area contributed by atoms with E-state index in [4.69, 9.17) is 17.3 Å². The summed E-state index contributed by atoms with van der Waals surface area (Å²) < 4.78 is 1.82. The second kappa shape index (κ2) is 9.88. The molecule has 3 heterocycles. The highest BCUT2D eigenvalue weighted by atomic mass is 32.2. The molecule has 1 amide bonds. The Kier molecular flexibility index (Phi) is 7.41. The number of carboxylic acid groups (broad SMARTS) is 1. The van der Waals surface area contributed by atoms with Crippen molar-refractivity contribution in [2.24, 2.45) is 5.92 Å². The average Bonchev–Trinajstić information content (AvgIpc) is 3.00. The first-order valence-corrected chi connectivity index (χ1v) is 11.8. The van der Waals surface area contributed by atoms with E-state index < -0.39 is 18.4 Å². The van der Waals surface area contributed by atoms with Gasteiger partial charge in [-0.25, -0.2) is 0 Å². The van der Waals surface area contributed by atoms with Crippen molar-refractivity contribution >= 4 is 52.1 Å². The van der Waals surface area contributed by atoms with Crippen LogP contribution in [0.5, 0.6) is 0 Å². The van der Waals surface area contributed by atoms with Gasteiger partial charge in [0.2, 0.25) is 0 Å². The van der Waals surface area contributed by atoms with Gasteiger partial charge in [0.15, 0.2) is 0 Å². The van der Waals surface area contributed by atoms with Crippen molar-refractivity contribution < 1.29 is 14.7 Å². The second-order valence-electron chi connectivity index (χ2n) is 8.14. The molecule has 0 saturated carbocycles. The lowest BCUT2D eigenvalue weighted by molar-refractivity contribution is -0.140. The van der Waals surface area contributed by atoms with Crippen LogP contribution in [0, 0.1) is 24.2 Å². The molecule has 0 aliphatic carbocycles. The Morgan fingerprint density at radius 1 is 1.34 bits per heavy atom. The van der Waals surface area contributed by atoms with Crippen LogP contribution in [-0.4, -0.2) is 50.4 Å². The lowest BCUT2D eigenvalue weighted by atomic mass is 9.97. The molecular weight excluding hydrogens is 448 g/mol. The lowest BCUT2D eigenvalue weighted by Crippen LogP contribution is -2.39. The molecule has 2 aliphatic heterocycles. The molecule has 2 aliphatic rings. The fourth-order valence-electron chi connectivity index (χ4n) is 4.04. The standard InChI is InChI=1S/C22H26N4O4S2/c1-4-7-25-19(24-8-5-13(2)6-9-24)15(14(3)16(11-23)20(25)29)10-17-21(30)26(12-18(27)28)22(31)32-17/h10,13H,4-9,12H2,1-3H3,(H,27,28)/b17-10-. The normalized spacial score (nSPS) is 18.5. The molecule has 1 N–H and O–H groups in total. The topological polar surface area (TPSA) is 107 Å². The van der Waals surface area contributed by atoms with Crippen LogP contribution in [0.3, 0.4) is 0 Å². The van der Waals surface area contributed by atoms with Gasteiger partial charge in [0.1, 0.15) is 28.3 Å². The Balaban J connectivity index is 2.21. The third-order valence-electron chi connectivity index (χ3n) is 5.82. The summed E-state index contributed by atoms with van der Waals surface area (Å²) in [5, 5.41) is 18.8. The zero-order valence-corrected chi connectivity index (χ0v) is 20.0. The summed E-state index contributed by atoms with van der Waals surface area (Å²) in [4.78, 5) is 40.6. The molecule has 8 nitrogen and oxygen atoms in total. The minimum atomic E-state index is -1.15. The number of amides is 1. The molecule has 0 spiro atoms. The predicted octanol–water partition coefficient (Wildman–Crippen LogP) is 2.96. The Morgan fingerprint density at radius 2 is 2.00 bits per heavy atom. The van der Waals surface area contributed by atoms with Gasteiger partial charge in [0.05, 0.1) is 4.91 Å². The number of pyridine rings is 1. The van der Waals surface area contributed by atoms with Gasteiger partial charge in [-0.15, -0.1) is 0 Å². The van der Waals surface area contributed by atoms with E-state index in [1.165, 1.54) is 0 Å². The number of hydrogen-bond acceptors (Lipinski definition) is 7. The SMILES string of the molecule is CCCn1c(N2CCC(C)CC2)c(/C=C2\SC(=S)N(CC(=O)O)C2=O)c(C)c(C#N)c1=O. The van der Waals surface area contributed by atoms with Crippen molar-refractivity contribution in [1.29, 1.82) is 5.26 Å². The highest BCUT2D eigenvalue weighted by molar-refractivity contribution is 8.26. The van der Waals surface area contributed by atoms with Crippen LogP contribution in [0.1, 0.15) is 49.8 Å². The van der Waals surface area contributed by atoms with Crippen molar-refractivity contribution in [3.05, 3.63) is 31.9 Å². The summed E-state index contributed by atoms with van der Waals surface area (Å²) in [6, 6.07) is 2.03. The van der Waals surface area contributed by atoms with E-state index in [1.54, 1.807) is 17.6 Å². The van der Waals surface area contributed by atoms with E-state index >= 15 is 0 Å². The first-order chi connectivity index (χ1) is 15.2. The van der Waals surface area contributed by atoms with Crippen molar-refractivity contribution in [1.82, 2.24) is 9.47 Å². The van der Waals surface area contributed by atoms with Crippen molar-refractivity contribution in [3.8, 4) is 6.07 Å². The molecule has 0 unspecified atom stereocenters. The molecule has 3 rings (SSSR count). The van der Waals surface area contributed by atoms with Gasteiger partial charge in [-0.1, -0.05) is 37.8 Å². The molecule has 1 aromatic rings. The Hall–Kier alpha value is -2.64. The molecular formula is C22H26N4O4S2. The zero-order chi connectivity index (χ0) is 23.6. The van der Waals surface area contributed by atoms with Gasteiger partial charge >= 0.3 is 5.97 Å². The van der Waals surface area contributed by atoms with Crippen molar-refractivity contribution in [2.45, 2.75) is 46.6 Å². The summed E-state index contributed by atoms with van der Waals surface area (Å²) in [5.74, 6) is -0.326. The highest BCUT2D eigenvalue weighted by Gasteiger charge is 2.34. The van der Waals surface area contributed by atoms with Gasteiger partial charge in [0, 0.05) is 25.2 Å². The average molecular weight is 475 g/mol. The van der Waals surface area contributed by atoms with Crippen LogP contribution in [-0.2, 0) is 16.1 Å². The fourth-order valence-corrected chi connectivity index (χ4v) is 5.28. The summed E-state index contributed by atoms with van der Waals surface area (Å²) in [7, 11) is 0. The van der Waals surface area contributed by atoms with Crippen LogP contribution >= 0.6 is 24.0 Å². The molecule has 1 aromatic heterocycles. The van der Waals surface area contributed by atoms with E-state index in [9.17, 15) is 19.6 Å². The molecule has 170 valence electrons. The van der Waals surface area contributed by atoms with Crippen LogP contribution in [0.4, 0.5) is 5.82 Å². The third kappa shape index (κ3) is 4.59. The molecule has 2 saturated heterocycles. The molecule has 0 aromatic carbocycles. The van der Waals surface area contributed by atoms with Crippen LogP contribution in [0.15, 0.2) is 9.70 Å². The number of piperidine rings is 1. The van der Waals surface area contributed by atoms with Gasteiger partial charge in [-0.05, 0) is 43.7 Å². The molecule has 32 heavy (non-hydrogen) atoms. The second-order valence-corrected chi connectivity index (χ2v) is 9.81. The number of anilines is 1. The maximum atomic E-state index is 13.1. The Morgan fingerprint density at radius 3 is 2.56 bits per heavy atom. The number of aliphatic carboxylic acids is 1. The molecule has 0 atom stereocenters. The van der Waals surface area contributed by atoms with E-state index in [0.717, 1.165) is 42.6 Å². The van der Waals surface area contributed by atoms with E-state index in [1.807, 2.05) is 13.0 Å². The quantitative estimate of drug-likeness (QED) is 0.495.